The van der Waals surface area contributed by atoms with Crippen molar-refractivity contribution in [3.63, 3.8) is 0 Å². The summed E-state index contributed by atoms with van der Waals surface area (Å²) in [6, 6.07) is 12.7. The lowest BCUT2D eigenvalue weighted by molar-refractivity contribution is 0.780. The molecule has 0 aliphatic rings. The monoisotopic (exact) mass is 571 g/mol. The van der Waals surface area contributed by atoms with Crippen LogP contribution in [0.15, 0.2) is 59.7 Å². The van der Waals surface area contributed by atoms with Crippen LogP contribution in [0.25, 0.3) is 38.8 Å². The van der Waals surface area contributed by atoms with E-state index in [4.69, 9.17) is 4.98 Å². The normalized spacial score (nSPS) is 12.4. The maximum atomic E-state index is 13.9. The number of hydrogen-bond acceptors (Lipinski definition) is 11. The van der Waals surface area contributed by atoms with Gasteiger partial charge in [-0.25, -0.2) is 4.98 Å². The van der Waals surface area contributed by atoms with Crippen LogP contribution < -0.4 is 10.9 Å². The molecule has 0 atom stereocenters. The van der Waals surface area contributed by atoms with Gasteiger partial charge in [-0.1, -0.05) is 6.07 Å². The molecule has 1 aromatic carbocycles. The molecule has 0 aliphatic carbocycles. The number of pyridine rings is 2. The van der Waals surface area contributed by atoms with Crippen molar-refractivity contribution in [3.8, 4) is 16.8 Å². The Morgan fingerprint density at radius 2 is 1.69 bits per heavy atom. The number of hydrogen-bond donors (Lipinski definition) is 6. The second-order valence-corrected chi connectivity index (χ2v) is 13.1. The van der Waals surface area contributed by atoms with Crippen molar-refractivity contribution in [3.05, 3.63) is 70.9 Å². The number of rotatable bonds is 5. The first-order chi connectivity index (χ1) is 16.9. The average Bonchev–Trinajstić information content (AvgIpc) is 3.18. The lowest BCUT2D eigenvalue weighted by Crippen LogP contribution is -2.40. The maximum Gasteiger partial charge on any atom is 0.281 e. The Morgan fingerprint density at radius 3 is 2.39 bits per heavy atom. The molecule has 36 heavy (non-hydrogen) atoms. The van der Waals surface area contributed by atoms with Crippen LogP contribution in [-0.2, 0) is 7.05 Å². The largest absolute Gasteiger partial charge is 0.345 e. The van der Waals surface area contributed by atoms with E-state index in [-0.39, 0.29) is 5.56 Å². The van der Waals surface area contributed by atoms with E-state index in [0.29, 0.717) is 33.7 Å². The van der Waals surface area contributed by atoms with Gasteiger partial charge in [-0.3, -0.25) is 14.5 Å². The maximum absolute atomic E-state index is 13.9. The molecule has 13 heteroatoms. The molecule has 0 bridgehead atoms. The summed E-state index contributed by atoms with van der Waals surface area (Å²) in [5, 5.41) is 13.0. The first kappa shape index (κ1) is 25.3. The van der Waals surface area contributed by atoms with Crippen LogP contribution in [0.4, 0.5) is 5.82 Å². The Balaban J connectivity index is 1.74. The van der Waals surface area contributed by atoms with Crippen LogP contribution in [-0.4, -0.2) is 37.1 Å². The Hall–Kier alpha value is -2.32. The molecule has 5 aromatic rings. The minimum Gasteiger partial charge on any atom is -0.345 e. The molecular formula is C23H21N7OS5. The van der Waals surface area contributed by atoms with Gasteiger partial charge in [-0.2, -0.15) is 14.9 Å². The zero-order valence-electron chi connectivity index (χ0n) is 19.0. The van der Waals surface area contributed by atoms with Gasteiger partial charge in [-0.15, -0.1) is 63.1 Å². The van der Waals surface area contributed by atoms with Crippen molar-refractivity contribution in [1.29, 1.82) is 0 Å². The molecule has 8 nitrogen and oxygen atoms in total. The summed E-state index contributed by atoms with van der Waals surface area (Å²) in [4.78, 5) is 23.0. The fourth-order valence-corrected chi connectivity index (χ4v) is 4.12. The van der Waals surface area contributed by atoms with E-state index in [2.05, 4.69) is 83.6 Å². The van der Waals surface area contributed by atoms with Crippen molar-refractivity contribution in [2.45, 2.75) is 14.5 Å². The highest BCUT2D eigenvalue weighted by atomic mass is 32.2. The topological polar surface area (TPSA) is 90.5 Å². The summed E-state index contributed by atoms with van der Waals surface area (Å²) in [6.07, 6.45) is 3.55. The zero-order valence-corrected chi connectivity index (χ0v) is 23.5. The molecule has 1 N–H and O–H groups in total. The second kappa shape index (κ2) is 9.21. The molecule has 4 heterocycles. The van der Waals surface area contributed by atoms with Crippen LogP contribution in [0.2, 0.25) is 0 Å². The molecule has 0 unspecified atom stereocenters. The zero-order chi connectivity index (χ0) is 25.8. The summed E-state index contributed by atoms with van der Waals surface area (Å²) < 4.78 is 0.647. The van der Waals surface area contributed by atoms with E-state index in [1.807, 2.05) is 50.5 Å². The number of benzene rings is 1. The predicted octanol–water partition coefficient (Wildman–Crippen LogP) is 4.41. The fourth-order valence-electron chi connectivity index (χ4n) is 3.73. The van der Waals surface area contributed by atoms with Crippen LogP contribution >= 0.6 is 63.1 Å². The van der Waals surface area contributed by atoms with E-state index >= 15 is 0 Å². The molecule has 184 valence electrons. The van der Waals surface area contributed by atoms with Gasteiger partial charge < -0.3 is 5.32 Å². The van der Waals surface area contributed by atoms with E-state index in [1.165, 1.54) is 4.68 Å². The smallest absolute Gasteiger partial charge is 0.281 e. The van der Waals surface area contributed by atoms with Crippen LogP contribution in [0.1, 0.15) is 5.69 Å². The Kier molecular flexibility index (Phi) is 6.48. The van der Waals surface area contributed by atoms with Gasteiger partial charge in [0.05, 0.1) is 16.8 Å². The summed E-state index contributed by atoms with van der Waals surface area (Å²) in [5.74, 6) is 0.395. The molecule has 5 rings (SSSR count). The van der Waals surface area contributed by atoms with Crippen molar-refractivity contribution in [2.24, 2.45) is 7.05 Å². The molecule has 0 saturated carbocycles. The Labute approximate surface area is 234 Å². The van der Waals surface area contributed by atoms with E-state index in [0.717, 1.165) is 16.6 Å². The Morgan fingerprint density at radius 1 is 0.944 bits per heavy atom. The number of aryl methyl sites for hydroxylation is 2. The molecule has 0 radical (unpaired) electrons. The summed E-state index contributed by atoms with van der Waals surface area (Å²) in [6.45, 7) is 1.88. The molecule has 0 spiro atoms. The molecule has 4 aromatic heterocycles. The average molecular weight is 572 g/mol. The summed E-state index contributed by atoms with van der Waals surface area (Å²) >= 11 is 21.9. The third kappa shape index (κ3) is 4.70. The van der Waals surface area contributed by atoms with Gasteiger partial charge in [-0.05, 0) is 43.3 Å². The molecule has 0 aliphatic heterocycles. The first-order valence-corrected chi connectivity index (χ1v) is 12.9. The van der Waals surface area contributed by atoms with Crippen LogP contribution in [0, 0.1) is 6.92 Å². The van der Waals surface area contributed by atoms with Crippen molar-refractivity contribution in [1.82, 2.24) is 29.5 Å². The van der Waals surface area contributed by atoms with Crippen LogP contribution in [0.5, 0.6) is 0 Å². The van der Waals surface area contributed by atoms with Gasteiger partial charge in [0.2, 0.25) is 0 Å². The van der Waals surface area contributed by atoms with Gasteiger partial charge in [0, 0.05) is 36.1 Å². The third-order valence-electron chi connectivity index (χ3n) is 5.54. The quantitative estimate of drug-likeness (QED) is 0.138. The number of aromatic nitrogens is 6. The highest BCUT2D eigenvalue weighted by molar-refractivity contribution is 8.20. The van der Waals surface area contributed by atoms with Gasteiger partial charge in [0.25, 0.3) is 5.56 Å². The summed E-state index contributed by atoms with van der Waals surface area (Å²) in [7, 11) is 1.85. The predicted molar refractivity (Wildman–Crippen MR) is 161 cm³/mol. The van der Waals surface area contributed by atoms with Gasteiger partial charge in [0.15, 0.2) is 4.20 Å². The lowest BCUT2D eigenvalue weighted by Gasteiger charge is -2.34. The second-order valence-electron chi connectivity index (χ2n) is 8.32. The minimum absolute atomic E-state index is 0.337. The fraction of sp³-hybridized carbons (Fsp3) is 0.174. The number of nitrogens with one attached hydrogen (secondary N) is 1. The van der Waals surface area contributed by atoms with Crippen molar-refractivity contribution < 1.29 is 0 Å². The number of thiol groups is 5. The van der Waals surface area contributed by atoms with Gasteiger partial charge >= 0.3 is 0 Å². The molecule has 0 amide bonds. The number of fused-ring (bicyclic) bond motifs is 2. The number of nitrogens with zero attached hydrogens (tertiary/aromatic N) is 6. The summed E-state index contributed by atoms with van der Waals surface area (Å²) in [5.41, 5.74) is 3.82. The van der Waals surface area contributed by atoms with E-state index in [9.17, 15) is 4.79 Å². The van der Waals surface area contributed by atoms with Crippen molar-refractivity contribution >= 4 is 90.9 Å². The molecule has 0 fully saturated rings. The van der Waals surface area contributed by atoms with Gasteiger partial charge in [0.1, 0.15) is 20.3 Å². The standard InChI is InChI=1S/C23H21N7OS5/c1-12-3-4-13(10-24-12)19-20-17(7-8-18(25-20)26-22(32,33)23(34,35)36)28-30(21(19)31)15-5-6-16-14(9-15)11-29(2)27-16/h3-11,32-36H,1-2H3,(H,25,26). The van der Waals surface area contributed by atoms with E-state index in [1.54, 1.807) is 23.0 Å². The van der Waals surface area contributed by atoms with Crippen molar-refractivity contribution in [2.75, 3.05) is 5.32 Å². The first-order valence-electron chi connectivity index (χ1n) is 10.6. The number of anilines is 1. The van der Waals surface area contributed by atoms with Crippen LogP contribution in [0.3, 0.4) is 0 Å². The van der Waals surface area contributed by atoms with E-state index < -0.39 is 7.61 Å². The SMILES string of the molecule is Cc1ccc(-c2c(=O)n(-c3ccc4nn(C)cc4c3)nc3ccc(NC(S)(S)C(S)(S)S)nc23)cn1. The highest BCUT2D eigenvalue weighted by Crippen LogP contribution is 2.44. The highest BCUT2D eigenvalue weighted by Gasteiger charge is 2.39. The lowest BCUT2D eigenvalue weighted by atomic mass is 10.1. The Bertz CT molecular complexity index is 1670. The third-order valence-corrected chi connectivity index (χ3v) is 8.50. The molecular weight excluding hydrogens is 551 g/mol. The molecule has 0 saturated heterocycles. The minimum atomic E-state index is -1.25.